The minimum Gasteiger partial charge on any atom is -0.762 e. The van der Waals surface area contributed by atoms with Gasteiger partial charge in [-0.3, -0.25) is 10.1 Å². The van der Waals surface area contributed by atoms with Gasteiger partial charge in [0.1, 0.15) is 0 Å². The summed E-state index contributed by atoms with van der Waals surface area (Å²) >= 11 is 0. The van der Waals surface area contributed by atoms with Crippen LogP contribution in [0, 0.1) is 5.21 Å². The number of hydroxylamine groups is 2. The number of likely N-dealkylation sites (N-methyl/N-ethyl adjacent to an activating group) is 1. The molecule has 1 aromatic rings. The highest BCUT2D eigenvalue weighted by molar-refractivity contribution is 5.62. The molecule has 7 heteroatoms. The maximum absolute atomic E-state index is 11.6. The lowest BCUT2D eigenvalue weighted by molar-refractivity contribution is -0.105. The van der Waals surface area contributed by atoms with E-state index in [1.807, 2.05) is 20.0 Å². The van der Waals surface area contributed by atoms with E-state index in [4.69, 9.17) is 14.2 Å². The molecule has 0 saturated heterocycles. The smallest absolute Gasteiger partial charge is 0.231 e. The Morgan fingerprint density at radius 2 is 2.32 bits per heavy atom. The fourth-order valence-corrected chi connectivity index (χ4v) is 3.45. The second-order valence-corrected chi connectivity index (χ2v) is 5.67. The molecule has 2 aliphatic rings. The van der Waals surface area contributed by atoms with Crippen LogP contribution in [-0.2, 0) is 6.42 Å². The molecule has 0 bridgehead atoms. The van der Waals surface area contributed by atoms with Crippen LogP contribution >= 0.6 is 0 Å². The van der Waals surface area contributed by atoms with Crippen molar-refractivity contribution in [1.29, 1.82) is 0 Å². The summed E-state index contributed by atoms with van der Waals surface area (Å²) in [6.45, 7) is 2.85. The largest absolute Gasteiger partial charge is 0.762 e. The number of rotatable bonds is 4. The molecule has 0 unspecified atom stereocenters. The van der Waals surface area contributed by atoms with E-state index in [9.17, 15) is 10.4 Å². The Balaban J connectivity index is 2.16. The van der Waals surface area contributed by atoms with Gasteiger partial charge in [-0.2, -0.15) is 0 Å². The highest BCUT2D eigenvalue weighted by Gasteiger charge is 2.37. The minimum absolute atomic E-state index is 0.0558. The molecule has 0 spiro atoms. The molecule has 0 fully saturated rings. The SMILES string of the molecule is CC[C@@H]([C@@H]1c2c(cc3c(c2OC)OCO3)CCN1C)N([O-])O. The lowest BCUT2D eigenvalue weighted by atomic mass is 9.86. The van der Waals surface area contributed by atoms with Gasteiger partial charge in [-0.1, -0.05) is 6.92 Å². The first-order chi connectivity index (χ1) is 10.6. The van der Waals surface area contributed by atoms with Crippen molar-refractivity contribution >= 4 is 0 Å². The molecular formula is C15H21N2O5-. The summed E-state index contributed by atoms with van der Waals surface area (Å²) in [7, 11) is 3.53. The van der Waals surface area contributed by atoms with Crippen molar-refractivity contribution in [3.8, 4) is 17.2 Å². The normalized spacial score (nSPS) is 21.8. The van der Waals surface area contributed by atoms with Gasteiger partial charge in [0.15, 0.2) is 11.5 Å². The summed E-state index contributed by atoms with van der Waals surface area (Å²) in [5.41, 5.74) is 1.98. The first kappa shape index (κ1) is 15.4. The van der Waals surface area contributed by atoms with Crippen LogP contribution in [0.1, 0.15) is 30.5 Å². The Kier molecular flexibility index (Phi) is 4.14. The molecule has 0 saturated carbocycles. The quantitative estimate of drug-likeness (QED) is 0.851. The molecule has 2 aliphatic heterocycles. The van der Waals surface area contributed by atoms with Crippen molar-refractivity contribution in [2.75, 3.05) is 27.5 Å². The third-order valence-electron chi connectivity index (χ3n) is 4.52. The number of ether oxygens (including phenoxy) is 3. The predicted molar refractivity (Wildman–Crippen MR) is 79.3 cm³/mol. The number of hydrogen-bond donors (Lipinski definition) is 1. The van der Waals surface area contributed by atoms with Crippen LogP contribution in [0.3, 0.4) is 0 Å². The zero-order chi connectivity index (χ0) is 15.9. The maximum atomic E-state index is 11.6. The van der Waals surface area contributed by atoms with E-state index in [1.54, 1.807) is 7.11 Å². The van der Waals surface area contributed by atoms with Crippen molar-refractivity contribution in [2.24, 2.45) is 0 Å². The second kappa shape index (κ2) is 5.92. The fraction of sp³-hybridized carbons (Fsp3) is 0.600. The average Bonchev–Trinajstić information content (AvgIpc) is 2.95. The molecule has 2 heterocycles. The molecule has 1 N–H and O–H groups in total. The standard InChI is InChI=1S/C15H21N2O5/c1-4-10(17(18)19)13-12-9(5-6-16(13)2)7-11-14(15(12)20-3)22-8-21-11/h7,10,13,18H,4-6,8H2,1-3H3/q-1/t10-,13+/m0/s1. The van der Waals surface area contributed by atoms with E-state index in [0.717, 1.165) is 24.1 Å². The number of hydrogen-bond acceptors (Lipinski definition) is 7. The van der Waals surface area contributed by atoms with E-state index >= 15 is 0 Å². The summed E-state index contributed by atoms with van der Waals surface area (Å²) < 4.78 is 16.6. The van der Waals surface area contributed by atoms with Gasteiger partial charge >= 0.3 is 0 Å². The van der Waals surface area contributed by atoms with Crippen molar-refractivity contribution in [3.63, 3.8) is 0 Å². The van der Waals surface area contributed by atoms with Crippen LogP contribution in [0.2, 0.25) is 0 Å². The van der Waals surface area contributed by atoms with Gasteiger partial charge in [0.25, 0.3) is 0 Å². The van der Waals surface area contributed by atoms with E-state index in [-0.39, 0.29) is 18.1 Å². The molecule has 1 aromatic carbocycles. The fourth-order valence-electron chi connectivity index (χ4n) is 3.45. The molecular weight excluding hydrogens is 288 g/mol. The Morgan fingerprint density at radius 3 is 2.95 bits per heavy atom. The molecule has 0 aromatic heterocycles. The predicted octanol–water partition coefficient (Wildman–Crippen LogP) is 1.92. The summed E-state index contributed by atoms with van der Waals surface area (Å²) in [6.07, 6.45) is 1.35. The van der Waals surface area contributed by atoms with Crippen LogP contribution in [0.5, 0.6) is 17.2 Å². The average molecular weight is 309 g/mol. The van der Waals surface area contributed by atoms with Gasteiger partial charge in [0.05, 0.1) is 13.2 Å². The lowest BCUT2D eigenvalue weighted by Crippen LogP contribution is -2.44. The Labute approximate surface area is 129 Å². The number of nitrogens with zero attached hydrogens (tertiary/aromatic N) is 2. The zero-order valence-corrected chi connectivity index (χ0v) is 13.0. The first-order valence-electron chi connectivity index (χ1n) is 7.43. The molecule has 0 amide bonds. The van der Waals surface area contributed by atoms with Crippen molar-refractivity contribution in [2.45, 2.75) is 31.8 Å². The summed E-state index contributed by atoms with van der Waals surface area (Å²) in [6, 6.07) is 1.12. The lowest BCUT2D eigenvalue weighted by Gasteiger charge is -2.44. The summed E-state index contributed by atoms with van der Waals surface area (Å²) in [4.78, 5) is 2.07. The highest BCUT2D eigenvalue weighted by atomic mass is 16.8. The van der Waals surface area contributed by atoms with Gasteiger partial charge in [0.2, 0.25) is 12.5 Å². The van der Waals surface area contributed by atoms with Crippen LogP contribution < -0.4 is 14.2 Å². The highest BCUT2D eigenvalue weighted by Crippen LogP contribution is 2.50. The van der Waals surface area contributed by atoms with Crippen molar-refractivity contribution < 1.29 is 19.4 Å². The van der Waals surface area contributed by atoms with Crippen LogP contribution in [0.25, 0.3) is 0 Å². The number of benzene rings is 1. The summed E-state index contributed by atoms with van der Waals surface area (Å²) in [5, 5.41) is 21.2. The third-order valence-corrected chi connectivity index (χ3v) is 4.52. The third kappa shape index (κ3) is 2.30. The summed E-state index contributed by atoms with van der Waals surface area (Å²) in [5.74, 6) is 1.85. The van der Waals surface area contributed by atoms with Gasteiger partial charge in [-0.05, 0) is 31.5 Å². The second-order valence-electron chi connectivity index (χ2n) is 5.67. The molecule has 7 nitrogen and oxygen atoms in total. The van der Waals surface area contributed by atoms with E-state index in [2.05, 4.69) is 4.90 Å². The topological polar surface area (TPSA) is 77.5 Å². The van der Waals surface area contributed by atoms with Gasteiger partial charge in [0, 0.05) is 18.2 Å². The van der Waals surface area contributed by atoms with E-state index < -0.39 is 6.04 Å². The molecule has 122 valence electrons. The van der Waals surface area contributed by atoms with Gasteiger partial charge in [-0.25, -0.2) is 0 Å². The first-order valence-corrected chi connectivity index (χ1v) is 7.43. The van der Waals surface area contributed by atoms with E-state index in [1.165, 1.54) is 0 Å². The number of methoxy groups -OCH3 is 1. The molecule has 0 aliphatic carbocycles. The van der Waals surface area contributed by atoms with Crippen molar-refractivity contribution in [1.82, 2.24) is 10.1 Å². The zero-order valence-electron chi connectivity index (χ0n) is 13.0. The van der Waals surface area contributed by atoms with Crippen LogP contribution in [0.15, 0.2) is 6.07 Å². The Bertz CT molecular complexity index is 563. The molecule has 3 rings (SSSR count). The molecule has 22 heavy (non-hydrogen) atoms. The van der Waals surface area contributed by atoms with Gasteiger partial charge in [-0.15, -0.1) is 0 Å². The maximum Gasteiger partial charge on any atom is 0.231 e. The van der Waals surface area contributed by atoms with Gasteiger partial charge < -0.3 is 24.6 Å². The monoisotopic (exact) mass is 309 g/mol. The van der Waals surface area contributed by atoms with E-state index in [0.29, 0.717) is 23.7 Å². The van der Waals surface area contributed by atoms with Crippen molar-refractivity contribution in [3.05, 3.63) is 22.4 Å². The number of fused-ring (bicyclic) bond motifs is 2. The Morgan fingerprint density at radius 1 is 1.55 bits per heavy atom. The van der Waals surface area contributed by atoms with Crippen LogP contribution in [0.4, 0.5) is 0 Å². The molecule has 0 radical (unpaired) electrons. The van der Waals surface area contributed by atoms with Crippen LogP contribution in [-0.4, -0.2) is 48.9 Å². The molecule has 2 atom stereocenters. The Hall–Kier alpha value is -1.54. The minimum atomic E-state index is -0.571.